The van der Waals surface area contributed by atoms with Crippen LogP contribution in [0.3, 0.4) is 0 Å². The van der Waals surface area contributed by atoms with E-state index in [1.165, 1.54) is 4.88 Å². The van der Waals surface area contributed by atoms with E-state index < -0.39 is 0 Å². The highest BCUT2D eigenvalue weighted by molar-refractivity contribution is 9.13. The minimum Gasteiger partial charge on any atom is -0.496 e. The zero-order valence-corrected chi connectivity index (χ0v) is 16.4. The van der Waals surface area contributed by atoms with E-state index in [2.05, 4.69) is 55.2 Å². The highest BCUT2D eigenvalue weighted by Crippen LogP contribution is 2.37. The summed E-state index contributed by atoms with van der Waals surface area (Å²) in [5.41, 5.74) is 3.26. The largest absolute Gasteiger partial charge is 0.496 e. The standard InChI is InChI=1S/C15H18Br2N2OS/c1-8-7-19-11(9(2)14(8)20-4)6-12(18-3)13-5-10(16)15(17)21-13/h5,7,12,18H,6H2,1-4H3. The fourth-order valence-corrected chi connectivity index (χ4v) is 4.55. The molecule has 6 heteroatoms. The summed E-state index contributed by atoms with van der Waals surface area (Å²) in [5, 5.41) is 3.37. The normalized spacial score (nSPS) is 12.5. The van der Waals surface area contributed by atoms with Gasteiger partial charge in [-0.25, -0.2) is 0 Å². The molecule has 1 unspecified atom stereocenters. The third kappa shape index (κ3) is 3.67. The van der Waals surface area contributed by atoms with Gasteiger partial charge in [0.2, 0.25) is 0 Å². The average molecular weight is 434 g/mol. The fraction of sp³-hybridized carbons (Fsp3) is 0.400. The Morgan fingerprint density at radius 3 is 2.62 bits per heavy atom. The van der Waals surface area contributed by atoms with E-state index in [1.54, 1.807) is 18.4 Å². The molecule has 2 heterocycles. The fourth-order valence-electron chi connectivity index (χ4n) is 2.35. The zero-order valence-electron chi connectivity index (χ0n) is 12.5. The number of aromatic nitrogens is 1. The van der Waals surface area contributed by atoms with Crippen LogP contribution >= 0.6 is 43.2 Å². The van der Waals surface area contributed by atoms with E-state index in [1.807, 2.05) is 20.2 Å². The van der Waals surface area contributed by atoms with Gasteiger partial charge < -0.3 is 10.1 Å². The van der Waals surface area contributed by atoms with Crippen molar-refractivity contribution in [1.29, 1.82) is 0 Å². The topological polar surface area (TPSA) is 34.2 Å². The molecule has 0 saturated heterocycles. The van der Waals surface area contributed by atoms with E-state index in [-0.39, 0.29) is 6.04 Å². The van der Waals surface area contributed by atoms with E-state index in [4.69, 9.17) is 4.74 Å². The van der Waals surface area contributed by atoms with Crippen LogP contribution in [-0.4, -0.2) is 19.1 Å². The lowest BCUT2D eigenvalue weighted by atomic mass is 10.0. The van der Waals surface area contributed by atoms with Gasteiger partial charge in [0.15, 0.2) is 0 Å². The molecular formula is C15H18Br2N2OS. The van der Waals surface area contributed by atoms with E-state index >= 15 is 0 Å². The Balaban J connectivity index is 2.31. The van der Waals surface area contributed by atoms with Crippen LogP contribution in [0.5, 0.6) is 5.75 Å². The third-order valence-electron chi connectivity index (χ3n) is 3.50. The monoisotopic (exact) mass is 432 g/mol. The van der Waals surface area contributed by atoms with Crippen LogP contribution in [0.25, 0.3) is 0 Å². The Morgan fingerprint density at radius 2 is 2.10 bits per heavy atom. The average Bonchev–Trinajstić information content (AvgIpc) is 2.78. The number of likely N-dealkylation sites (N-methyl/N-ethyl adjacent to an activating group) is 1. The molecule has 0 aliphatic heterocycles. The molecule has 0 aromatic carbocycles. The molecule has 0 spiro atoms. The second kappa shape index (κ2) is 7.22. The maximum atomic E-state index is 5.49. The summed E-state index contributed by atoms with van der Waals surface area (Å²) in [4.78, 5) is 5.87. The van der Waals surface area contributed by atoms with Gasteiger partial charge in [0, 0.05) is 44.8 Å². The summed E-state index contributed by atoms with van der Waals surface area (Å²) in [7, 11) is 3.69. The third-order valence-corrected chi connectivity index (χ3v) is 6.87. The van der Waals surface area contributed by atoms with Gasteiger partial charge in [-0.3, -0.25) is 4.98 Å². The molecule has 0 aliphatic rings. The number of methoxy groups -OCH3 is 1. The van der Waals surface area contributed by atoms with E-state index in [0.717, 1.165) is 37.3 Å². The van der Waals surface area contributed by atoms with Crippen molar-refractivity contribution in [3.63, 3.8) is 0 Å². The molecule has 2 rings (SSSR count). The number of halogens is 2. The van der Waals surface area contributed by atoms with Crippen molar-refractivity contribution >= 4 is 43.2 Å². The molecule has 21 heavy (non-hydrogen) atoms. The number of nitrogens with zero attached hydrogens (tertiary/aromatic N) is 1. The molecule has 3 nitrogen and oxygen atoms in total. The predicted octanol–water partition coefficient (Wildman–Crippen LogP) is 4.80. The van der Waals surface area contributed by atoms with Gasteiger partial charge in [-0.05, 0) is 58.8 Å². The number of rotatable bonds is 5. The van der Waals surface area contributed by atoms with Gasteiger partial charge in [-0.15, -0.1) is 11.3 Å². The molecule has 1 N–H and O–H groups in total. The summed E-state index contributed by atoms with van der Waals surface area (Å²) in [6.45, 7) is 4.09. The molecule has 0 aliphatic carbocycles. The number of nitrogens with one attached hydrogen (secondary N) is 1. The van der Waals surface area contributed by atoms with Crippen LogP contribution in [0, 0.1) is 13.8 Å². The highest BCUT2D eigenvalue weighted by Gasteiger charge is 2.18. The minimum absolute atomic E-state index is 0.233. The molecule has 2 aromatic heterocycles. The Bertz CT molecular complexity index is 623. The first-order chi connectivity index (χ1) is 9.97. The lowest BCUT2D eigenvalue weighted by Gasteiger charge is -2.17. The van der Waals surface area contributed by atoms with Gasteiger partial charge >= 0.3 is 0 Å². The van der Waals surface area contributed by atoms with Gasteiger partial charge in [0.05, 0.1) is 10.9 Å². The van der Waals surface area contributed by atoms with Crippen LogP contribution in [0.4, 0.5) is 0 Å². The molecule has 0 fully saturated rings. The van der Waals surface area contributed by atoms with Gasteiger partial charge in [-0.2, -0.15) is 0 Å². The van der Waals surface area contributed by atoms with Gasteiger partial charge in [0.25, 0.3) is 0 Å². The van der Waals surface area contributed by atoms with Gasteiger partial charge in [0.1, 0.15) is 5.75 Å². The highest BCUT2D eigenvalue weighted by atomic mass is 79.9. The predicted molar refractivity (Wildman–Crippen MR) is 95.5 cm³/mol. The second-order valence-corrected chi connectivity index (χ2v) is 8.12. The molecule has 0 saturated carbocycles. The number of hydrogen-bond acceptors (Lipinski definition) is 4. The number of pyridine rings is 1. The summed E-state index contributed by atoms with van der Waals surface area (Å²) in [6, 6.07) is 2.38. The van der Waals surface area contributed by atoms with Crippen LogP contribution < -0.4 is 10.1 Å². The maximum Gasteiger partial charge on any atom is 0.128 e. The molecule has 0 radical (unpaired) electrons. The Kier molecular flexibility index (Phi) is 5.82. The maximum absolute atomic E-state index is 5.49. The number of aryl methyl sites for hydroxylation is 1. The van der Waals surface area contributed by atoms with Crippen LogP contribution in [0.15, 0.2) is 20.5 Å². The smallest absolute Gasteiger partial charge is 0.128 e. The van der Waals surface area contributed by atoms with Crippen LogP contribution in [0.1, 0.15) is 27.7 Å². The van der Waals surface area contributed by atoms with Crippen molar-refractivity contribution in [2.45, 2.75) is 26.3 Å². The molecular weight excluding hydrogens is 416 g/mol. The molecule has 114 valence electrons. The quantitative estimate of drug-likeness (QED) is 0.735. The lowest BCUT2D eigenvalue weighted by molar-refractivity contribution is 0.406. The Morgan fingerprint density at radius 1 is 1.38 bits per heavy atom. The van der Waals surface area contributed by atoms with Crippen LogP contribution in [-0.2, 0) is 6.42 Å². The Labute approximate surface area is 146 Å². The first-order valence-electron chi connectivity index (χ1n) is 6.59. The Hall–Kier alpha value is -0.430. The van der Waals surface area contributed by atoms with Crippen molar-refractivity contribution in [1.82, 2.24) is 10.3 Å². The van der Waals surface area contributed by atoms with Gasteiger partial charge in [-0.1, -0.05) is 0 Å². The van der Waals surface area contributed by atoms with Crippen molar-refractivity contribution in [3.05, 3.63) is 42.2 Å². The number of hydrogen-bond donors (Lipinski definition) is 1. The van der Waals surface area contributed by atoms with E-state index in [9.17, 15) is 0 Å². The SMILES string of the molecule is CNC(Cc1ncc(C)c(OC)c1C)c1cc(Br)c(Br)s1. The number of ether oxygens (including phenoxy) is 1. The summed E-state index contributed by atoms with van der Waals surface area (Å²) >= 11 is 8.83. The second-order valence-electron chi connectivity index (χ2n) is 4.86. The van der Waals surface area contributed by atoms with Crippen molar-refractivity contribution in [2.75, 3.05) is 14.2 Å². The lowest BCUT2D eigenvalue weighted by Crippen LogP contribution is -2.19. The first kappa shape index (κ1) is 16.9. The van der Waals surface area contributed by atoms with Crippen molar-refractivity contribution in [2.24, 2.45) is 0 Å². The molecule has 0 bridgehead atoms. The van der Waals surface area contributed by atoms with Crippen LogP contribution in [0.2, 0.25) is 0 Å². The van der Waals surface area contributed by atoms with Crippen molar-refractivity contribution in [3.8, 4) is 5.75 Å². The van der Waals surface area contributed by atoms with Crippen molar-refractivity contribution < 1.29 is 4.74 Å². The molecule has 2 aromatic rings. The first-order valence-corrected chi connectivity index (χ1v) is 8.99. The summed E-state index contributed by atoms with van der Waals surface area (Å²) < 4.78 is 7.69. The molecule has 0 amide bonds. The zero-order chi connectivity index (χ0) is 15.6. The summed E-state index contributed by atoms with van der Waals surface area (Å²) in [5.74, 6) is 0.934. The number of thiophene rings is 1. The minimum atomic E-state index is 0.233. The molecule has 1 atom stereocenters. The summed E-state index contributed by atoms with van der Waals surface area (Å²) in [6.07, 6.45) is 2.71. The van der Waals surface area contributed by atoms with E-state index in [0.29, 0.717) is 0 Å².